The van der Waals surface area contributed by atoms with Gasteiger partial charge in [-0.2, -0.15) is 0 Å². The zero-order chi connectivity index (χ0) is 14.1. The van der Waals surface area contributed by atoms with Gasteiger partial charge in [-0.3, -0.25) is 4.79 Å². The second-order valence-corrected chi connectivity index (χ2v) is 4.79. The summed E-state index contributed by atoms with van der Waals surface area (Å²) in [7, 11) is 0. The third-order valence-corrected chi connectivity index (χ3v) is 3.45. The van der Waals surface area contributed by atoms with E-state index in [1.165, 1.54) is 12.4 Å². The first-order valence-electron chi connectivity index (χ1n) is 6.31. The van der Waals surface area contributed by atoms with Crippen molar-refractivity contribution in [3.8, 4) is 0 Å². The van der Waals surface area contributed by atoms with E-state index >= 15 is 0 Å². The number of carbonyl (C=O) groups is 1. The molecule has 0 aliphatic heterocycles. The average Bonchev–Trinajstić information content (AvgIpc) is 2.85. The molecule has 0 aliphatic rings. The van der Waals surface area contributed by atoms with Gasteiger partial charge in [0.2, 0.25) is 5.78 Å². The minimum Gasteiger partial charge on any atom is -0.347 e. The van der Waals surface area contributed by atoms with Crippen molar-refractivity contribution >= 4 is 28.3 Å². The Morgan fingerprint density at radius 2 is 2.10 bits per heavy atom. The summed E-state index contributed by atoms with van der Waals surface area (Å²) < 4.78 is 2.05. The molecule has 0 N–H and O–H groups in total. The van der Waals surface area contributed by atoms with Crippen LogP contribution in [0.3, 0.4) is 0 Å². The van der Waals surface area contributed by atoms with Gasteiger partial charge in [-0.1, -0.05) is 29.8 Å². The first kappa shape index (κ1) is 12.8. The molecule has 3 aromatic rings. The van der Waals surface area contributed by atoms with E-state index in [4.69, 9.17) is 11.6 Å². The maximum atomic E-state index is 12.6. The fourth-order valence-electron chi connectivity index (χ4n) is 2.29. The number of nitrogens with zero attached hydrogens (tertiary/aromatic N) is 3. The van der Waals surface area contributed by atoms with Gasteiger partial charge in [0.1, 0.15) is 17.2 Å². The van der Waals surface area contributed by atoms with Crippen molar-refractivity contribution in [2.75, 3.05) is 0 Å². The summed E-state index contributed by atoms with van der Waals surface area (Å²) in [5, 5.41) is 1.19. The molecule has 0 saturated carbocycles. The number of benzene rings is 1. The summed E-state index contributed by atoms with van der Waals surface area (Å²) in [5.74, 6) is -0.141. The summed E-state index contributed by atoms with van der Waals surface area (Å²) in [6.07, 6.45) is 3.16. The van der Waals surface area contributed by atoms with Gasteiger partial charge in [-0.25, -0.2) is 9.97 Å². The van der Waals surface area contributed by atoms with Crippen molar-refractivity contribution in [1.82, 2.24) is 14.5 Å². The molecule has 100 valence electrons. The second-order valence-electron chi connectivity index (χ2n) is 4.40. The van der Waals surface area contributed by atoms with Crippen LogP contribution >= 0.6 is 11.6 Å². The maximum Gasteiger partial charge on any atom is 0.213 e. The topological polar surface area (TPSA) is 47.8 Å². The van der Waals surface area contributed by atoms with E-state index in [0.29, 0.717) is 11.3 Å². The molecule has 5 heteroatoms. The molecule has 4 nitrogen and oxygen atoms in total. The van der Waals surface area contributed by atoms with Gasteiger partial charge in [0.25, 0.3) is 0 Å². The van der Waals surface area contributed by atoms with Crippen LogP contribution in [0.1, 0.15) is 23.0 Å². The van der Waals surface area contributed by atoms with E-state index in [1.54, 1.807) is 0 Å². The van der Waals surface area contributed by atoms with Crippen LogP contribution in [0, 0.1) is 0 Å². The fourth-order valence-corrected chi connectivity index (χ4v) is 2.43. The van der Waals surface area contributed by atoms with E-state index in [2.05, 4.69) is 9.97 Å². The summed E-state index contributed by atoms with van der Waals surface area (Å²) >= 11 is 5.82. The van der Waals surface area contributed by atoms with Crippen molar-refractivity contribution in [3.05, 3.63) is 59.3 Å². The van der Waals surface area contributed by atoms with Gasteiger partial charge in [-0.15, -0.1) is 0 Å². The van der Waals surface area contributed by atoms with Crippen molar-refractivity contribution < 1.29 is 4.79 Å². The van der Waals surface area contributed by atoms with Crippen LogP contribution in [0.5, 0.6) is 0 Å². The normalized spacial score (nSPS) is 10.9. The van der Waals surface area contributed by atoms with Crippen LogP contribution in [0.15, 0.2) is 42.9 Å². The van der Waals surface area contributed by atoms with Crippen molar-refractivity contribution in [2.45, 2.75) is 13.5 Å². The molecule has 0 aliphatic carbocycles. The molecule has 0 saturated heterocycles. The molecule has 0 fully saturated rings. The second kappa shape index (κ2) is 5.06. The molecule has 3 rings (SSSR count). The number of aryl methyl sites for hydroxylation is 1. The molecule has 0 amide bonds. The number of fused-ring (bicyclic) bond motifs is 1. The van der Waals surface area contributed by atoms with E-state index < -0.39 is 0 Å². The molecule has 20 heavy (non-hydrogen) atoms. The third-order valence-electron chi connectivity index (χ3n) is 3.24. The number of hydrogen-bond acceptors (Lipinski definition) is 3. The Morgan fingerprint density at radius 3 is 2.85 bits per heavy atom. The molecular formula is C15H12ClN3O. The smallest absolute Gasteiger partial charge is 0.213 e. The van der Waals surface area contributed by atoms with E-state index in [0.717, 1.165) is 17.4 Å². The summed E-state index contributed by atoms with van der Waals surface area (Å²) in [5.41, 5.74) is 1.99. The Labute approximate surface area is 121 Å². The zero-order valence-electron chi connectivity index (χ0n) is 10.9. The number of halogens is 1. The predicted octanol–water partition coefficient (Wildman–Crippen LogP) is 3.34. The first-order chi connectivity index (χ1) is 9.70. The van der Waals surface area contributed by atoms with Gasteiger partial charge < -0.3 is 4.57 Å². The highest BCUT2D eigenvalue weighted by atomic mass is 35.5. The minimum atomic E-state index is -0.141. The van der Waals surface area contributed by atoms with Crippen LogP contribution < -0.4 is 0 Å². The third kappa shape index (κ3) is 2.08. The molecule has 0 spiro atoms. The first-order valence-corrected chi connectivity index (χ1v) is 6.68. The lowest BCUT2D eigenvalue weighted by molar-refractivity contribution is 0.103. The van der Waals surface area contributed by atoms with Crippen molar-refractivity contribution in [3.63, 3.8) is 0 Å². The Hall–Kier alpha value is -2.20. The lowest BCUT2D eigenvalue weighted by Gasteiger charge is -1.98. The van der Waals surface area contributed by atoms with Crippen LogP contribution in [-0.2, 0) is 6.54 Å². The number of hydrogen-bond donors (Lipinski definition) is 0. The lowest BCUT2D eigenvalue weighted by Crippen LogP contribution is -2.04. The highest BCUT2D eigenvalue weighted by molar-refractivity contribution is 6.30. The molecule has 0 bridgehead atoms. The molecular weight excluding hydrogens is 274 g/mol. The Morgan fingerprint density at radius 1 is 1.30 bits per heavy atom. The van der Waals surface area contributed by atoms with Gasteiger partial charge in [0, 0.05) is 35.3 Å². The van der Waals surface area contributed by atoms with E-state index in [9.17, 15) is 4.79 Å². The van der Waals surface area contributed by atoms with Crippen LogP contribution in [0.2, 0.25) is 5.15 Å². The Bertz CT molecular complexity index is 795. The Balaban J connectivity index is 2.17. The van der Waals surface area contributed by atoms with Gasteiger partial charge in [-0.05, 0) is 13.0 Å². The average molecular weight is 286 g/mol. The van der Waals surface area contributed by atoms with E-state index in [-0.39, 0.29) is 10.9 Å². The quantitative estimate of drug-likeness (QED) is 0.548. The van der Waals surface area contributed by atoms with Gasteiger partial charge in [0.15, 0.2) is 0 Å². The minimum absolute atomic E-state index is 0.141. The maximum absolute atomic E-state index is 12.6. The molecule has 1 aromatic carbocycles. The summed E-state index contributed by atoms with van der Waals surface area (Å²) in [4.78, 5) is 20.4. The predicted molar refractivity (Wildman–Crippen MR) is 78.1 cm³/mol. The molecule has 0 radical (unpaired) electrons. The molecule has 0 unspecified atom stereocenters. The molecule has 0 atom stereocenters. The molecule has 2 aromatic heterocycles. The largest absolute Gasteiger partial charge is 0.347 e. The van der Waals surface area contributed by atoms with Gasteiger partial charge in [0.05, 0.1) is 0 Å². The van der Waals surface area contributed by atoms with Crippen LogP contribution in [0.4, 0.5) is 0 Å². The molecule has 2 heterocycles. The van der Waals surface area contributed by atoms with Crippen molar-refractivity contribution in [2.24, 2.45) is 0 Å². The number of aromatic nitrogens is 3. The number of rotatable bonds is 3. The SMILES string of the molecule is CCn1cc(C(=O)c2cc(Cl)ncn2)c2ccccc21. The van der Waals surface area contributed by atoms with Crippen molar-refractivity contribution in [1.29, 1.82) is 0 Å². The lowest BCUT2D eigenvalue weighted by atomic mass is 10.1. The van der Waals surface area contributed by atoms with Crippen LogP contribution in [-0.4, -0.2) is 20.3 Å². The monoisotopic (exact) mass is 285 g/mol. The highest BCUT2D eigenvalue weighted by Crippen LogP contribution is 2.23. The zero-order valence-corrected chi connectivity index (χ0v) is 11.6. The fraction of sp³-hybridized carbons (Fsp3) is 0.133. The van der Waals surface area contributed by atoms with Crippen LogP contribution in [0.25, 0.3) is 10.9 Å². The highest BCUT2D eigenvalue weighted by Gasteiger charge is 2.17. The Kier molecular flexibility index (Phi) is 3.24. The summed E-state index contributed by atoms with van der Waals surface area (Å²) in [6, 6.07) is 9.32. The summed E-state index contributed by atoms with van der Waals surface area (Å²) in [6.45, 7) is 2.85. The number of ketones is 1. The van der Waals surface area contributed by atoms with E-state index in [1.807, 2.05) is 42.0 Å². The number of carbonyl (C=O) groups excluding carboxylic acids is 1. The standard InChI is InChI=1S/C15H12ClN3O/c1-2-19-8-11(10-5-3-4-6-13(10)19)15(20)12-7-14(16)18-9-17-12/h3-9H,2H2,1H3. The number of para-hydroxylation sites is 1. The van der Waals surface area contributed by atoms with Gasteiger partial charge >= 0.3 is 0 Å².